The van der Waals surface area contributed by atoms with Gasteiger partial charge in [-0.05, 0) is 6.42 Å². The summed E-state index contributed by atoms with van der Waals surface area (Å²) in [6.07, 6.45) is 0.593. The molecule has 3 N–H and O–H groups in total. The first-order valence-electron chi connectivity index (χ1n) is 3.61. The molecule has 0 radical (unpaired) electrons. The van der Waals surface area contributed by atoms with E-state index in [0.717, 1.165) is 0 Å². The molecule has 0 aliphatic rings. The average Bonchev–Trinajstić information content (AvgIpc) is 1.98. The largest absolute Gasteiger partial charge is 0.346 e. The first-order chi connectivity index (χ1) is 5.11. The molecule has 1 unspecified atom stereocenters. The van der Waals surface area contributed by atoms with E-state index in [1.165, 1.54) is 6.92 Å². The summed E-state index contributed by atoms with van der Waals surface area (Å²) in [4.78, 5) is 21.5. The van der Waals surface area contributed by atoms with E-state index in [0.29, 0.717) is 6.42 Å². The molecule has 1 atom stereocenters. The number of nitrogens with two attached hydrogens (primary N) is 1. The minimum atomic E-state index is -0.405. The van der Waals surface area contributed by atoms with Crippen molar-refractivity contribution in [3.8, 4) is 0 Å². The van der Waals surface area contributed by atoms with Crippen LogP contribution in [-0.2, 0) is 9.59 Å². The normalized spacial score (nSPS) is 12.3. The van der Waals surface area contributed by atoms with Gasteiger partial charge in [-0.15, -0.1) is 0 Å². The number of hydrogen-bond donors (Lipinski definition) is 2. The van der Waals surface area contributed by atoms with Crippen molar-refractivity contribution in [2.75, 3.05) is 6.54 Å². The van der Waals surface area contributed by atoms with E-state index in [9.17, 15) is 9.59 Å². The zero-order chi connectivity index (χ0) is 8.85. The maximum absolute atomic E-state index is 10.9. The molecule has 0 aliphatic heterocycles. The molecule has 0 aliphatic carbocycles. The number of carbonyl (C=O) groups is 2. The van der Waals surface area contributed by atoms with Crippen LogP contribution in [-0.4, -0.2) is 24.3 Å². The summed E-state index contributed by atoms with van der Waals surface area (Å²) in [5.41, 5.74) is 5.12. The number of ketones is 1. The average molecular weight is 158 g/mol. The fourth-order valence-corrected chi connectivity index (χ4v) is 0.798. The van der Waals surface area contributed by atoms with Crippen LogP contribution in [0.2, 0.25) is 0 Å². The van der Waals surface area contributed by atoms with Gasteiger partial charge in [0.1, 0.15) is 0 Å². The van der Waals surface area contributed by atoms with E-state index < -0.39 is 6.04 Å². The molecule has 0 aromatic heterocycles. The summed E-state index contributed by atoms with van der Waals surface area (Å²) in [5, 5.41) is 2.51. The summed E-state index contributed by atoms with van der Waals surface area (Å²) in [5.74, 6) is -0.318. The van der Waals surface area contributed by atoms with Crippen LogP contribution in [0.4, 0.5) is 0 Å². The second-order valence-electron chi connectivity index (χ2n) is 2.33. The molecule has 0 heterocycles. The maximum Gasteiger partial charge on any atom is 0.217 e. The lowest BCUT2D eigenvalue weighted by Crippen LogP contribution is -2.42. The molecule has 0 saturated carbocycles. The van der Waals surface area contributed by atoms with E-state index in [-0.39, 0.29) is 18.2 Å². The summed E-state index contributed by atoms with van der Waals surface area (Å²) < 4.78 is 0. The van der Waals surface area contributed by atoms with Crippen LogP contribution in [0.15, 0.2) is 0 Å². The molecule has 0 rings (SSSR count). The molecule has 1 amide bonds. The van der Waals surface area contributed by atoms with Crippen LogP contribution in [0, 0.1) is 0 Å². The van der Waals surface area contributed by atoms with Gasteiger partial charge in [0.25, 0.3) is 0 Å². The van der Waals surface area contributed by atoms with E-state index in [1.807, 2.05) is 6.92 Å². The Kier molecular flexibility index (Phi) is 4.45. The molecule has 0 bridgehead atoms. The van der Waals surface area contributed by atoms with Gasteiger partial charge in [0.15, 0.2) is 5.78 Å². The van der Waals surface area contributed by atoms with Gasteiger partial charge in [-0.25, -0.2) is 0 Å². The summed E-state index contributed by atoms with van der Waals surface area (Å²) in [7, 11) is 0. The molecular weight excluding hydrogens is 144 g/mol. The van der Waals surface area contributed by atoms with Crippen molar-refractivity contribution < 1.29 is 9.59 Å². The molecule has 0 aromatic rings. The van der Waals surface area contributed by atoms with Gasteiger partial charge in [-0.2, -0.15) is 0 Å². The van der Waals surface area contributed by atoms with Crippen LogP contribution < -0.4 is 11.1 Å². The lowest BCUT2D eigenvalue weighted by Gasteiger charge is -2.12. The van der Waals surface area contributed by atoms with Crippen LogP contribution >= 0.6 is 0 Å². The van der Waals surface area contributed by atoms with Crippen molar-refractivity contribution in [2.45, 2.75) is 26.3 Å². The van der Waals surface area contributed by atoms with Gasteiger partial charge in [0, 0.05) is 6.92 Å². The van der Waals surface area contributed by atoms with Crippen LogP contribution in [0.3, 0.4) is 0 Å². The van der Waals surface area contributed by atoms with Crippen molar-refractivity contribution in [3.63, 3.8) is 0 Å². The van der Waals surface area contributed by atoms with Crippen molar-refractivity contribution in [2.24, 2.45) is 5.73 Å². The molecule has 0 spiro atoms. The minimum Gasteiger partial charge on any atom is -0.346 e. The number of hydrogen-bond acceptors (Lipinski definition) is 3. The molecule has 11 heavy (non-hydrogen) atoms. The zero-order valence-corrected chi connectivity index (χ0v) is 6.89. The quantitative estimate of drug-likeness (QED) is 0.575. The fraction of sp³-hybridized carbons (Fsp3) is 0.714. The molecular formula is C7H14N2O2. The van der Waals surface area contributed by atoms with Gasteiger partial charge >= 0.3 is 0 Å². The summed E-state index contributed by atoms with van der Waals surface area (Å²) in [6.45, 7) is 3.19. The number of carbonyl (C=O) groups excluding carboxylic acids is 2. The van der Waals surface area contributed by atoms with E-state index >= 15 is 0 Å². The Bertz CT molecular complexity index is 157. The third-order valence-corrected chi connectivity index (χ3v) is 1.38. The lowest BCUT2D eigenvalue weighted by atomic mass is 10.1. The highest BCUT2D eigenvalue weighted by atomic mass is 16.2. The Morgan fingerprint density at radius 1 is 1.55 bits per heavy atom. The van der Waals surface area contributed by atoms with Crippen molar-refractivity contribution in [1.29, 1.82) is 0 Å². The van der Waals surface area contributed by atoms with Crippen molar-refractivity contribution in [3.05, 3.63) is 0 Å². The first-order valence-corrected chi connectivity index (χ1v) is 3.61. The third kappa shape index (κ3) is 3.72. The molecule has 4 heteroatoms. The van der Waals surface area contributed by atoms with Crippen LogP contribution in [0.5, 0.6) is 0 Å². The van der Waals surface area contributed by atoms with Crippen molar-refractivity contribution >= 4 is 11.7 Å². The SMILES string of the molecule is CCC(NC(C)=O)C(=O)CN. The van der Waals surface area contributed by atoms with Crippen LogP contribution in [0.25, 0.3) is 0 Å². The van der Waals surface area contributed by atoms with E-state index in [4.69, 9.17) is 5.73 Å². The number of Topliss-reactive ketones (excluding diaryl/α,β-unsaturated/α-hetero) is 1. The predicted molar refractivity (Wildman–Crippen MR) is 42.0 cm³/mol. The monoisotopic (exact) mass is 158 g/mol. The summed E-state index contributed by atoms with van der Waals surface area (Å²) >= 11 is 0. The minimum absolute atomic E-state index is 0.0151. The smallest absolute Gasteiger partial charge is 0.217 e. The molecule has 0 aromatic carbocycles. The molecule has 0 fully saturated rings. The van der Waals surface area contributed by atoms with Crippen LogP contribution in [0.1, 0.15) is 20.3 Å². The first kappa shape index (κ1) is 10.1. The Morgan fingerprint density at radius 3 is 2.36 bits per heavy atom. The standard InChI is InChI=1S/C7H14N2O2/c1-3-6(7(11)4-8)9-5(2)10/h6H,3-4,8H2,1-2H3,(H,9,10). The van der Waals surface area contributed by atoms with Gasteiger partial charge in [0.05, 0.1) is 12.6 Å². The van der Waals surface area contributed by atoms with Gasteiger partial charge in [-0.1, -0.05) is 6.92 Å². The van der Waals surface area contributed by atoms with E-state index in [1.54, 1.807) is 0 Å². The fourth-order valence-electron chi connectivity index (χ4n) is 0.798. The second kappa shape index (κ2) is 4.85. The predicted octanol–water partition coefficient (Wildman–Crippen LogP) is -0.571. The van der Waals surface area contributed by atoms with Gasteiger partial charge in [0.2, 0.25) is 5.91 Å². The van der Waals surface area contributed by atoms with E-state index in [2.05, 4.69) is 5.32 Å². The second-order valence-corrected chi connectivity index (χ2v) is 2.33. The Morgan fingerprint density at radius 2 is 2.09 bits per heavy atom. The highest BCUT2D eigenvalue weighted by molar-refractivity contribution is 5.89. The number of nitrogens with one attached hydrogen (secondary N) is 1. The Hall–Kier alpha value is -0.900. The Labute approximate surface area is 66.1 Å². The molecule has 4 nitrogen and oxygen atoms in total. The summed E-state index contributed by atoms with van der Waals surface area (Å²) in [6, 6.07) is -0.405. The van der Waals surface area contributed by atoms with Crippen molar-refractivity contribution in [1.82, 2.24) is 5.32 Å². The van der Waals surface area contributed by atoms with Gasteiger partial charge < -0.3 is 11.1 Å². The lowest BCUT2D eigenvalue weighted by molar-refractivity contribution is -0.126. The highest BCUT2D eigenvalue weighted by Gasteiger charge is 2.14. The molecule has 64 valence electrons. The topological polar surface area (TPSA) is 72.2 Å². The third-order valence-electron chi connectivity index (χ3n) is 1.38. The van der Waals surface area contributed by atoms with Gasteiger partial charge in [-0.3, -0.25) is 9.59 Å². The zero-order valence-electron chi connectivity index (χ0n) is 6.89. The number of rotatable bonds is 4. The molecule has 0 saturated heterocycles. The Balaban J connectivity index is 3.94. The maximum atomic E-state index is 10.9. The number of amides is 1. The highest BCUT2D eigenvalue weighted by Crippen LogP contribution is 1.91.